The van der Waals surface area contributed by atoms with Gasteiger partial charge in [0.15, 0.2) is 0 Å². The van der Waals surface area contributed by atoms with Crippen molar-refractivity contribution in [3.05, 3.63) is 41.3 Å². The predicted octanol–water partition coefficient (Wildman–Crippen LogP) is 4.76. The lowest BCUT2D eigenvalue weighted by molar-refractivity contribution is 0.619. The first kappa shape index (κ1) is 15.7. The van der Waals surface area contributed by atoms with E-state index in [1.54, 1.807) is 13.0 Å². The summed E-state index contributed by atoms with van der Waals surface area (Å²) in [6.07, 6.45) is 2.34. The third kappa shape index (κ3) is 3.97. The molecule has 0 atom stereocenters. The molecule has 23 heavy (non-hydrogen) atoms. The van der Waals surface area contributed by atoms with Gasteiger partial charge in [0.2, 0.25) is 5.95 Å². The van der Waals surface area contributed by atoms with Crippen molar-refractivity contribution in [3.63, 3.8) is 0 Å². The average Bonchev–Trinajstić information content (AvgIpc) is 3.26. The van der Waals surface area contributed by atoms with E-state index in [0.717, 1.165) is 11.4 Å². The fourth-order valence-electron chi connectivity index (χ4n) is 2.39. The average molecular weight is 314 g/mol. The number of hydrogen-bond donors (Lipinski definition) is 2. The molecule has 0 spiro atoms. The van der Waals surface area contributed by atoms with Crippen LogP contribution >= 0.6 is 0 Å². The number of anilines is 3. The Bertz CT molecular complexity index is 717. The van der Waals surface area contributed by atoms with Gasteiger partial charge < -0.3 is 10.6 Å². The Labute approximate surface area is 136 Å². The first-order valence-corrected chi connectivity index (χ1v) is 8.01. The van der Waals surface area contributed by atoms with Gasteiger partial charge in [0.1, 0.15) is 11.6 Å². The SMILES string of the molecule is Cc1c(F)cccc1Nc1cc(C2CC2)nc(NC(C)(C)C)n1. The van der Waals surface area contributed by atoms with Crippen LogP contribution in [-0.2, 0) is 0 Å². The lowest BCUT2D eigenvalue weighted by atomic mass is 10.1. The number of halogens is 1. The highest BCUT2D eigenvalue weighted by Gasteiger charge is 2.26. The normalized spacial score (nSPS) is 14.7. The van der Waals surface area contributed by atoms with Gasteiger partial charge in [-0.1, -0.05) is 6.07 Å². The Morgan fingerprint density at radius 1 is 1.17 bits per heavy atom. The summed E-state index contributed by atoms with van der Waals surface area (Å²) < 4.78 is 13.7. The van der Waals surface area contributed by atoms with E-state index in [0.29, 0.717) is 23.2 Å². The number of benzene rings is 1. The zero-order valence-corrected chi connectivity index (χ0v) is 14.1. The van der Waals surface area contributed by atoms with Gasteiger partial charge >= 0.3 is 0 Å². The molecule has 1 aromatic carbocycles. The van der Waals surface area contributed by atoms with Gasteiger partial charge in [-0.2, -0.15) is 4.98 Å². The number of rotatable bonds is 4. The third-order valence-electron chi connectivity index (χ3n) is 3.76. The van der Waals surface area contributed by atoms with Crippen LogP contribution in [0.25, 0.3) is 0 Å². The second kappa shape index (κ2) is 5.80. The summed E-state index contributed by atoms with van der Waals surface area (Å²) in [6, 6.07) is 6.98. The van der Waals surface area contributed by atoms with Crippen LogP contribution in [0, 0.1) is 12.7 Å². The molecule has 1 saturated carbocycles. The molecule has 0 bridgehead atoms. The molecule has 5 heteroatoms. The molecule has 0 radical (unpaired) electrons. The number of nitrogens with zero attached hydrogens (tertiary/aromatic N) is 2. The van der Waals surface area contributed by atoms with Crippen LogP contribution < -0.4 is 10.6 Å². The van der Waals surface area contributed by atoms with Gasteiger partial charge in [0.05, 0.1) is 5.69 Å². The second-order valence-electron chi connectivity index (χ2n) is 7.19. The van der Waals surface area contributed by atoms with Gasteiger partial charge in [0.25, 0.3) is 0 Å². The lowest BCUT2D eigenvalue weighted by Crippen LogP contribution is -2.27. The standard InChI is InChI=1S/C18H23FN4/c1-11-13(19)6-5-7-14(11)20-16-10-15(12-8-9-12)21-17(22-16)23-18(2,3)4/h5-7,10,12H,8-9H2,1-4H3,(H2,20,21,22,23). The van der Waals surface area contributed by atoms with E-state index >= 15 is 0 Å². The van der Waals surface area contributed by atoms with Crippen molar-refractivity contribution in [2.24, 2.45) is 0 Å². The topological polar surface area (TPSA) is 49.8 Å². The monoisotopic (exact) mass is 314 g/mol. The molecule has 1 fully saturated rings. The van der Waals surface area contributed by atoms with E-state index in [9.17, 15) is 4.39 Å². The predicted molar refractivity (Wildman–Crippen MR) is 91.8 cm³/mol. The molecule has 3 rings (SSSR count). The number of hydrogen-bond acceptors (Lipinski definition) is 4. The lowest BCUT2D eigenvalue weighted by Gasteiger charge is -2.21. The van der Waals surface area contributed by atoms with Crippen LogP contribution in [0.4, 0.5) is 21.8 Å². The molecule has 1 aliphatic rings. The molecule has 0 amide bonds. The largest absolute Gasteiger partial charge is 0.350 e. The van der Waals surface area contributed by atoms with E-state index in [1.165, 1.54) is 18.9 Å². The van der Waals surface area contributed by atoms with Crippen LogP contribution in [0.1, 0.15) is 50.8 Å². The Morgan fingerprint density at radius 2 is 1.91 bits per heavy atom. The Morgan fingerprint density at radius 3 is 2.57 bits per heavy atom. The Hall–Kier alpha value is -2.17. The smallest absolute Gasteiger partial charge is 0.225 e. The fourth-order valence-corrected chi connectivity index (χ4v) is 2.39. The van der Waals surface area contributed by atoms with Gasteiger partial charge in [-0.3, -0.25) is 0 Å². The van der Waals surface area contributed by atoms with Crippen molar-refractivity contribution in [2.45, 2.75) is 52.0 Å². The van der Waals surface area contributed by atoms with Gasteiger partial charge in [-0.25, -0.2) is 9.37 Å². The molecule has 0 unspecified atom stereocenters. The van der Waals surface area contributed by atoms with Crippen LogP contribution in [0.2, 0.25) is 0 Å². The maximum absolute atomic E-state index is 13.7. The summed E-state index contributed by atoms with van der Waals surface area (Å²) >= 11 is 0. The molecule has 1 aromatic heterocycles. The fraction of sp³-hybridized carbons (Fsp3) is 0.444. The number of aromatic nitrogens is 2. The molecule has 2 aromatic rings. The minimum Gasteiger partial charge on any atom is -0.350 e. The van der Waals surface area contributed by atoms with Gasteiger partial charge in [0, 0.05) is 28.8 Å². The zero-order chi connectivity index (χ0) is 16.6. The van der Waals surface area contributed by atoms with E-state index < -0.39 is 0 Å². The summed E-state index contributed by atoms with van der Waals surface area (Å²) in [5.41, 5.74) is 2.24. The van der Waals surface area contributed by atoms with Crippen molar-refractivity contribution >= 4 is 17.5 Å². The quantitative estimate of drug-likeness (QED) is 0.854. The van der Waals surface area contributed by atoms with E-state index in [1.807, 2.05) is 12.1 Å². The van der Waals surface area contributed by atoms with Crippen LogP contribution in [0.3, 0.4) is 0 Å². The molecule has 1 aliphatic carbocycles. The maximum Gasteiger partial charge on any atom is 0.225 e. The summed E-state index contributed by atoms with van der Waals surface area (Å²) in [7, 11) is 0. The number of nitrogens with one attached hydrogen (secondary N) is 2. The molecular weight excluding hydrogens is 291 g/mol. The highest BCUT2D eigenvalue weighted by atomic mass is 19.1. The van der Waals surface area contributed by atoms with Crippen molar-refractivity contribution in [1.82, 2.24) is 9.97 Å². The summed E-state index contributed by atoms with van der Waals surface area (Å²) in [5, 5.41) is 6.55. The molecule has 1 heterocycles. The summed E-state index contributed by atoms with van der Waals surface area (Å²) in [5.74, 6) is 1.60. The first-order valence-electron chi connectivity index (χ1n) is 8.01. The van der Waals surface area contributed by atoms with Crippen LogP contribution in [-0.4, -0.2) is 15.5 Å². The Kier molecular flexibility index (Phi) is 3.96. The Balaban J connectivity index is 1.92. The molecular formula is C18H23FN4. The van der Waals surface area contributed by atoms with Crippen molar-refractivity contribution in [2.75, 3.05) is 10.6 Å². The maximum atomic E-state index is 13.7. The minimum atomic E-state index is -0.223. The van der Waals surface area contributed by atoms with Crippen molar-refractivity contribution < 1.29 is 4.39 Å². The molecule has 4 nitrogen and oxygen atoms in total. The van der Waals surface area contributed by atoms with Crippen molar-refractivity contribution in [1.29, 1.82) is 0 Å². The van der Waals surface area contributed by atoms with Crippen molar-refractivity contribution in [3.8, 4) is 0 Å². The summed E-state index contributed by atoms with van der Waals surface area (Å²) in [6.45, 7) is 7.98. The summed E-state index contributed by atoms with van der Waals surface area (Å²) in [4.78, 5) is 9.17. The molecule has 0 saturated heterocycles. The minimum absolute atomic E-state index is 0.117. The van der Waals surface area contributed by atoms with E-state index in [4.69, 9.17) is 0 Å². The van der Waals surface area contributed by atoms with Gasteiger partial charge in [-0.15, -0.1) is 0 Å². The van der Waals surface area contributed by atoms with Crippen LogP contribution in [0.15, 0.2) is 24.3 Å². The molecule has 2 N–H and O–H groups in total. The highest BCUT2D eigenvalue weighted by molar-refractivity contribution is 5.61. The highest BCUT2D eigenvalue weighted by Crippen LogP contribution is 2.40. The molecule has 122 valence electrons. The zero-order valence-electron chi connectivity index (χ0n) is 14.1. The third-order valence-corrected chi connectivity index (χ3v) is 3.76. The van der Waals surface area contributed by atoms with Crippen LogP contribution in [0.5, 0.6) is 0 Å². The van der Waals surface area contributed by atoms with Gasteiger partial charge in [-0.05, 0) is 52.7 Å². The second-order valence-corrected chi connectivity index (χ2v) is 7.19. The molecule has 0 aliphatic heterocycles. The first-order chi connectivity index (χ1) is 10.8. The van der Waals surface area contributed by atoms with E-state index in [2.05, 4.69) is 41.4 Å². The van der Waals surface area contributed by atoms with E-state index in [-0.39, 0.29) is 11.4 Å².